The number of pyridine rings is 3. The number of carbonyl (C=O) groups excluding carboxylic acids is 1. The molecule has 181 valence electrons. The molecular formula is C19H20BBr2Cl4N3NaO3S. The van der Waals surface area contributed by atoms with Crippen LogP contribution in [-0.2, 0) is 21.7 Å². The van der Waals surface area contributed by atoms with Crippen LogP contribution >= 0.6 is 77.2 Å². The molecule has 0 aliphatic carbocycles. The summed E-state index contributed by atoms with van der Waals surface area (Å²) in [6, 6.07) is 5.35. The molecule has 0 aliphatic heterocycles. The Labute approximate surface area is 264 Å². The maximum Gasteiger partial charge on any atom is 1.00 e. The molecule has 3 aromatic heterocycles. The van der Waals surface area contributed by atoms with Crippen LogP contribution in [-0.4, -0.2) is 39.0 Å². The van der Waals surface area contributed by atoms with Gasteiger partial charge in [0.15, 0.2) is 6.29 Å². The fraction of sp³-hybridized carbons (Fsp3) is 0.158. The van der Waals surface area contributed by atoms with Gasteiger partial charge in [-0.15, -0.1) is 24.0 Å². The minimum Gasteiger partial charge on any atom is -1.00 e. The van der Waals surface area contributed by atoms with E-state index in [-0.39, 0.29) is 58.4 Å². The molecule has 0 saturated carbocycles. The van der Waals surface area contributed by atoms with Gasteiger partial charge in [0.25, 0.3) is 0 Å². The van der Waals surface area contributed by atoms with Gasteiger partial charge >= 0.3 is 29.6 Å². The van der Waals surface area contributed by atoms with E-state index in [2.05, 4.69) is 68.2 Å². The van der Waals surface area contributed by atoms with E-state index in [0.717, 1.165) is 31.9 Å². The van der Waals surface area contributed by atoms with Crippen LogP contribution in [0, 0.1) is 6.92 Å². The van der Waals surface area contributed by atoms with E-state index in [1.54, 1.807) is 43.1 Å². The molecule has 3 aromatic rings. The van der Waals surface area contributed by atoms with E-state index in [4.69, 9.17) is 20.9 Å². The summed E-state index contributed by atoms with van der Waals surface area (Å²) in [7, 11) is 7.36. The molecule has 3 heterocycles. The third-order valence-electron chi connectivity index (χ3n) is 3.24. The summed E-state index contributed by atoms with van der Waals surface area (Å²) >= 11 is 12.0. The summed E-state index contributed by atoms with van der Waals surface area (Å²) in [5, 5.41) is 8.66. The number of aldehydes is 1. The van der Waals surface area contributed by atoms with Gasteiger partial charge in [0.1, 0.15) is 0 Å². The van der Waals surface area contributed by atoms with Gasteiger partial charge < -0.3 is 6.53 Å². The second kappa shape index (κ2) is 26.5. The van der Waals surface area contributed by atoms with Crippen molar-refractivity contribution < 1.29 is 45.1 Å². The molecule has 0 fully saturated rings. The van der Waals surface area contributed by atoms with E-state index in [1.807, 2.05) is 19.2 Å². The minimum atomic E-state index is -1.67. The molecule has 3 rings (SSSR count). The summed E-state index contributed by atoms with van der Waals surface area (Å²) < 4.78 is 10.7. The number of aromatic nitrogens is 3. The standard InChI is InChI=1S/C7H8ClN.C6H6BrNO.C6H4BrNO.B.Cl2OS.ClH.Na.H/c1-6-5-9-3-2-7(6)4-8;2*7-6-3-8-2-1-5(6)4-9;;1-4(2)3;;;/h2-3,5H,4H2,1H3;1-3,9H,4H2;1-4H;;;1H;;/q;;;;;;+1;-1. The molecular weight excluding hydrogens is 686 g/mol. The van der Waals surface area contributed by atoms with Gasteiger partial charge in [-0.25, -0.2) is 4.21 Å². The number of hydrogen-bond acceptors (Lipinski definition) is 6. The topological polar surface area (TPSA) is 93.0 Å². The van der Waals surface area contributed by atoms with Gasteiger partial charge in [-0.05, 0) is 73.7 Å². The van der Waals surface area contributed by atoms with Gasteiger partial charge in [0.2, 0.25) is 9.23 Å². The fourth-order valence-electron chi connectivity index (χ4n) is 1.67. The quantitative estimate of drug-likeness (QED) is 0.195. The van der Waals surface area contributed by atoms with Crippen LogP contribution in [0.25, 0.3) is 0 Å². The van der Waals surface area contributed by atoms with Gasteiger partial charge in [-0.2, -0.15) is 0 Å². The van der Waals surface area contributed by atoms with Crippen molar-refractivity contribution in [2.24, 2.45) is 0 Å². The molecule has 15 heteroatoms. The molecule has 0 aliphatic rings. The maximum atomic E-state index is 10.2. The second-order valence-corrected chi connectivity index (χ2v) is 9.76. The van der Waals surface area contributed by atoms with Crippen molar-refractivity contribution >= 4 is 101 Å². The van der Waals surface area contributed by atoms with Crippen molar-refractivity contribution in [3.63, 3.8) is 0 Å². The van der Waals surface area contributed by atoms with Gasteiger partial charge in [0, 0.05) is 87.3 Å². The first-order valence-electron chi connectivity index (χ1n) is 8.20. The first-order valence-corrected chi connectivity index (χ1v) is 13.1. The molecule has 0 amide bonds. The predicted molar refractivity (Wildman–Crippen MR) is 148 cm³/mol. The molecule has 0 atom stereocenters. The van der Waals surface area contributed by atoms with Crippen molar-refractivity contribution in [3.05, 3.63) is 86.6 Å². The van der Waals surface area contributed by atoms with Crippen molar-refractivity contribution in [3.8, 4) is 0 Å². The largest absolute Gasteiger partial charge is 1.00 e. The second-order valence-electron chi connectivity index (χ2n) is 5.26. The van der Waals surface area contributed by atoms with Gasteiger partial charge in [0.05, 0.1) is 6.61 Å². The summed E-state index contributed by atoms with van der Waals surface area (Å²) in [5.41, 5.74) is 3.81. The number of nitrogens with zero attached hydrogens (tertiary/aromatic N) is 3. The first kappa shape index (κ1) is 41.5. The molecule has 34 heavy (non-hydrogen) atoms. The van der Waals surface area contributed by atoms with E-state index in [9.17, 15) is 4.79 Å². The molecule has 0 unspecified atom stereocenters. The number of alkyl halides is 1. The van der Waals surface area contributed by atoms with E-state index in [1.165, 1.54) is 0 Å². The SMILES string of the molecule is Cc1cnccc1CCl.Cl.O=Cc1ccncc1Br.O=S(Cl)Cl.OCc1ccncc1Br.[B].[H-].[Na+]. The molecule has 0 bridgehead atoms. The Bertz CT molecular complexity index is 929. The third kappa shape index (κ3) is 20.6. The number of halogens is 6. The normalized spacial score (nSPS) is 8.47. The minimum absolute atomic E-state index is 0. The van der Waals surface area contributed by atoms with E-state index in [0.29, 0.717) is 11.4 Å². The zero-order valence-electron chi connectivity index (χ0n) is 19.1. The average molecular weight is 706 g/mol. The summed E-state index contributed by atoms with van der Waals surface area (Å²) in [6.45, 7) is 2.06. The molecule has 6 nitrogen and oxygen atoms in total. The van der Waals surface area contributed by atoms with Crippen LogP contribution in [0.2, 0.25) is 0 Å². The Morgan fingerprint density at radius 2 is 1.44 bits per heavy atom. The van der Waals surface area contributed by atoms with Crippen molar-refractivity contribution in [1.82, 2.24) is 15.0 Å². The first-order chi connectivity index (χ1) is 14.8. The maximum absolute atomic E-state index is 10.2. The number of rotatable bonds is 3. The summed E-state index contributed by atoms with van der Waals surface area (Å²) in [5.74, 6) is 0.578. The van der Waals surface area contributed by atoms with Crippen molar-refractivity contribution in [1.29, 1.82) is 0 Å². The number of aliphatic hydroxyl groups is 1. The smallest absolute Gasteiger partial charge is 1.00 e. The number of aliphatic hydroxyl groups excluding tert-OH is 1. The Morgan fingerprint density at radius 3 is 1.74 bits per heavy atom. The predicted octanol–water partition coefficient (Wildman–Crippen LogP) is 3.32. The Balaban J connectivity index is -0.000000114. The molecule has 0 saturated heterocycles. The van der Waals surface area contributed by atoms with Gasteiger partial charge in [-0.3, -0.25) is 19.7 Å². The van der Waals surface area contributed by atoms with E-state index >= 15 is 0 Å². The third-order valence-corrected chi connectivity index (χ3v) is 4.90. The summed E-state index contributed by atoms with van der Waals surface area (Å²) in [4.78, 5) is 21.7. The number of carbonyl (C=O) groups is 1. The van der Waals surface area contributed by atoms with Crippen molar-refractivity contribution in [2.45, 2.75) is 19.4 Å². The van der Waals surface area contributed by atoms with Crippen LogP contribution in [0.4, 0.5) is 0 Å². The molecule has 0 aromatic carbocycles. The molecule has 3 radical (unpaired) electrons. The van der Waals surface area contributed by atoms with Crippen LogP contribution in [0.5, 0.6) is 0 Å². The van der Waals surface area contributed by atoms with Gasteiger partial charge in [-0.1, -0.05) is 0 Å². The fourth-order valence-corrected chi connectivity index (χ4v) is 2.69. The zero-order valence-corrected chi connectivity index (χ0v) is 27.1. The van der Waals surface area contributed by atoms with Crippen LogP contribution in [0.1, 0.15) is 28.5 Å². The average Bonchev–Trinajstić information content (AvgIpc) is 2.75. The number of hydrogen-bond donors (Lipinski definition) is 1. The number of aryl methyl sites for hydroxylation is 1. The summed E-state index contributed by atoms with van der Waals surface area (Å²) in [6.07, 6.45) is 10.8. The monoisotopic (exact) mass is 702 g/mol. The van der Waals surface area contributed by atoms with Crippen molar-refractivity contribution in [2.75, 3.05) is 0 Å². The van der Waals surface area contributed by atoms with Crippen LogP contribution in [0.3, 0.4) is 0 Å². The van der Waals surface area contributed by atoms with Crippen LogP contribution in [0.15, 0.2) is 64.3 Å². The Morgan fingerprint density at radius 1 is 1.00 bits per heavy atom. The Hall–Kier alpha value is 0.415. The van der Waals surface area contributed by atoms with E-state index < -0.39 is 9.23 Å². The molecule has 0 spiro atoms. The zero-order chi connectivity index (χ0) is 23.6. The Kier molecular flexibility index (Phi) is 32.3. The van der Waals surface area contributed by atoms with Crippen LogP contribution < -0.4 is 29.6 Å². The molecule has 1 N–H and O–H groups in total.